The molecular formula is C34H44N2O7. The Bertz CT molecular complexity index is 1440. The summed E-state index contributed by atoms with van der Waals surface area (Å²) in [5.74, 6) is -0.0727. The van der Waals surface area contributed by atoms with Gasteiger partial charge in [0.1, 0.15) is 0 Å². The number of aliphatic hydroxyl groups excluding tert-OH is 1. The number of hydrogen-bond acceptors (Lipinski definition) is 8. The number of aliphatic hydroxyl groups is 1. The molecule has 0 radical (unpaired) electrons. The summed E-state index contributed by atoms with van der Waals surface area (Å²) in [4.78, 5) is 31.5. The van der Waals surface area contributed by atoms with Crippen LogP contribution in [0.15, 0.2) is 58.2 Å². The molecule has 9 heteroatoms. The van der Waals surface area contributed by atoms with Crippen LogP contribution >= 0.6 is 0 Å². The monoisotopic (exact) mass is 592 g/mol. The lowest BCUT2D eigenvalue weighted by Crippen LogP contribution is -2.34. The first-order chi connectivity index (χ1) is 20.9. The van der Waals surface area contributed by atoms with Gasteiger partial charge in [-0.05, 0) is 69.2 Å². The molecule has 1 unspecified atom stereocenters. The van der Waals surface area contributed by atoms with Gasteiger partial charge in [-0.25, -0.2) is 0 Å². The van der Waals surface area contributed by atoms with E-state index >= 15 is 0 Å². The lowest BCUT2D eigenvalue weighted by molar-refractivity contribution is -0.129. The van der Waals surface area contributed by atoms with Gasteiger partial charge in [0.25, 0.3) is 5.91 Å². The molecule has 1 aliphatic rings. The number of ether oxygens (including phenoxy) is 3. The van der Waals surface area contributed by atoms with Gasteiger partial charge in [0, 0.05) is 11.9 Å². The fourth-order valence-corrected chi connectivity index (χ4v) is 5.53. The second-order valence-electron chi connectivity index (χ2n) is 10.6. The van der Waals surface area contributed by atoms with Crippen LogP contribution in [0.5, 0.6) is 17.2 Å². The van der Waals surface area contributed by atoms with Crippen molar-refractivity contribution in [1.82, 2.24) is 9.80 Å². The Labute approximate surface area is 254 Å². The third-order valence-corrected chi connectivity index (χ3v) is 7.86. The lowest BCUT2D eigenvalue weighted by atomic mass is 9.94. The number of unbranched alkanes of at least 4 members (excludes halogenated alkanes) is 2. The summed E-state index contributed by atoms with van der Waals surface area (Å²) < 4.78 is 23.3. The van der Waals surface area contributed by atoms with E-state index in [0.29, 0.717) is 60.0 Å². The molecule has 0 bridgehead atoms. The molecule has 1 atom stereocenters. The third kappa shape index (κ3) is 6.99. The molecule has 1 aromatic heterocycles. The maximum absolute atomic E-state index is 14.1. The lowest BCUT2D eigenvalue weighted by Gasteiger charge is -2.28. The summed E-state index contributed by atoms with van der Waals surface area (Å²) in [6.07, 6.45) is 3.76. The van der Waals surface area contributed by atoms with Crippen molar-refractivity contribution in [2.24, 2.45) is 0 Å². The highest BCUT2D eigenvalue weighted by atomic mass is 16.5. The van der Waals surface area contributed by atoms with Crippen molar-refractivity contribution >= 4 is 22.7 Å². The van der Waals surface area contributed by atoms with Crippen molar-refractivity contribution < 1.29 is 33.3 Å². The predicted octanol–water partition coefficient (Wildman–Crippen LogP) is 6.72. The first-order valence-corrected chi connectivity index (χ1v) is 15.3. The number of amides is 1. The Hall–Kier alpha value is -3.98. The first kappa shape index (κ1) is 31.9. The zero-order valence-electron chi connectivity index (χ0n) is 26.0. The zero-order valence-corrected chi connectivity index (χ0v) is 26.0. The minimum Gasteiger partial charge on any atom is -0.503 e. The van der Waals surface area contributed by atoms with Gasteiger partial charge < -0.3 is 33.5 Å². The van der Waals surface area contributed by atoms with Crippen LogP contribution in [0.3, 0.4) is 0 Å². The van der Waals surface area contributed by atoms with Gasteiger partial charge in [-0.15, -0.1) is 0 Å². The first-order valence-electron chi connectivity index (χ1n) is 15.3. The number of ketones is 1. The topological polar surface area (TPSA) is 102 Å². The zero-order chi connectivity index (χ0) is 30.9. The molecule has 232 valence electrons. The standard InChI is InChI=1S/C34H44N2O7/c1-6-10-11-20-42-25-17-16-23(21-27(25)41-9-4)30-29(32(38)34(39)36(30)19-13-18-35(7-2)8-3)31(37)28-22-24-14-12-15-26(40-5)33(24)43-28/h12,14-17,21-22,30,38H,6-11,13,18-20H2,1-5H3. The van der Waals surface area contributed by atoms with E-state index in [4.69, 9.17) is 18.6 Å². The molecule has 2 aromatic carbocycles. The second kappa shape index (κ2) is 15.0. The fraction of sp³-hybridized carbons (Fsp3) is 0.471. The molecule has 4 rings (SSSR count). The number of hydrogen-bond donors (Lipinski definition) is 1. The minimum absolute atomic E-state index is 0.0183. The number of Topliss-reactive ketones (excluding diaryl/α,β-unsaturated/α-hetero) is 1. The Balaban J connectivity index is 1.73. The number of para-hydroxylation sites is 1. The maximum Gasteiger partial charge on any atom is 0.290 e. The molecular weight excluding hydrogens is 548 g/mol. The highest BCUT2D eigenvalue weighted by Gasteiger charge is 2.44. The highest BCUT2D eigenvalue weighted by molar-refractivity contribution is 6.16. The van der Waals surface area contributed by atoms with E-state index in [9.17, 15) is 14.7 Å². The van der Waals surface area contributed by atoms with Crippen molar-refractivity contribution in [3.05, 3.63) is 65.1 Å². The fourth-order valence-electron chi connectivity index (χ4n) is 5.53. The van der Waals surface area contributed by atoms with Gasteiger partial charge in [-0.1, -0.05) is 51.8 Å². The van der Waals surface area contributed by atoms with Crippen molar-refractivity contribution in [2.75, 3.05) is 46.5 Å². The summed E-state index contributed by atoms with van der Waals surface area (Å²) >= 11 is 0. The summed E-state index contributed by atoms with van der Waals surface area (Å²) in [6.45, 7) is 12.1. The minimum atomic E-state index is -0.833. The normalized spacial score (nSPS) is 15.2. The quantitative estimate of drug-likeness (QED) is 0.136. The molecule has 1 aliphatic heterocycles. The molecule has 0 saturated carbocycles. The molecule has 0 saturated heterocycles. The average molecular weight is 593 g/mol. The Kier molecular flexibility index (Phi) is 11.1. The number of nitrogens with zero attached hydrogens (tertiary/aromatic N) is 2. The van der Waals surface area contributed by atoms with Crippen molar-refractivity contribution in [3.8, 4) is 17.2 Å². The number of carbonyl (C=O) groups is 2. The van der Waals surface area contributed by atoms with Crippen LogP contribution in [0.2, 0.25) is 0 Å². The number of rotatable bonds is 17. The van der Waals surface area contributed by atoms with E-state index in [1.807, 2.05) is 37.3 Å². The number of fused-ring (bicyclic) bond motifs is 1. The van der Waals surface area contributed by atoms with E-state index in [-0.39, 0.29) is 11.3 Å². The van der Waals surface area contributed by atoms with Gasteiger partial charge in [0.15, 0.2) is 34.4 Å². The molecule has 2 heterocycles. The van der Waals surface area contributed by atoms with Crippen LogP contribution in [0.4, 0.5) is 0 Å². The Morgan fingerprint density at radius 3 is 2.47 bits per heavy atom. The molecule has 0 aliphatic carbocycles. The molecule has 9 nitrogen and oxygen atoms in total. The third-order valence-electron chi connectivity index (χ3n) is 7.86. The predicted molar refractivity (Wildman–Crippen MR) is 166 cm³/mol. The van der Waals surface area contributed by atoms with Crippen LogP contribution in [-0.4, -0.2) is 73.1 Å². The molecule has 0 fully saturated rings. The van der Waals surface area contributed by atoms with Gasteiger partial charge in [0.05, 0.1) is 31.9 Å². The van der Waals surface area contributed by atoms with Crippen molar-refractivity contribution in [3.63, 3.8) is 0 Å². The smallest absolute Gasteiger partial charge is 0.290 e. The summed E-state index contributed by atoms with van der Waals surface area (Å²) in [5.41, 5.74) is 1.04. The van der Waals surface area contributed by atoms with Gasteiger partial charge in [-0.2, -0.15) is 0 Å². The van der Waals surface area contributed by atoms with Crippen LogP contribution in [0.1, 0.15) is 75.5 Å². The van der Waals surface area contributed by atoms with E-state index in [0.717, 1.165) is 38.9 Å². The summed E-state index contributed by atoms with van der Waals surface area (Å²) in [7, 11) is 1.53. The summed E-state index contributed by atoms with van der Waals surface area (Å²) in [5, 5.41) is 11.9. The van der Waals surface area contributed by atoms with E-state index in [2.05, 4.69) is 25.7 Å². The van der Waals surface area contributed by atoms with E-state index in [1.54, 1.807) is 17.0 Å². The van der Waals surface area contributed by atoms with Gasteiger partial charge in [-0.3, -0.25) is 9.59 Å². The molecule has 1 N–H and O–H groups in total. The van der Waals surface area contributed by atoms with Gasteiger partial charge >= 0.3 is 0 Å². The Morgan fingerprint density at radius 1 is 0.977 bits per heavy atom. The van der Waals surface area contributed by atoms with Crippen LogP contribution < -0.4 is 14.2 Å². The number of furan rings is 1. The second-order valence-corrected chi connectivity index (χ2v) is 10.6. The highest BCUT2D eigenvalue weighted by Crippen LogP contribution is 2.42. The largest absolute Gasteiger partial charge is 0.503 e. The van der Waals surface area contributed by atoms with Crippen LogP contribution in [0, 0.1) is 0 Å². The molecule has 1 amide bonds. The maximum atomic E-state index is 14.1. The van der Waals surface area contributed by atoms with Crippen LogP contribution in [-0.2, 0) is 4.79 Å². The van der Waals surface area contributed by atoms with Crippen molar-refractivity contribution in [2.45, 2.75) is 59.4 Å². The van der Waals surface area contributed by atoms with Crippen LogP contribution in [0.25, 0.3) is 11.0 Å². The molecule has 3 aromatic rings. The molecule has 43 heavy (non-hydrogen) atoms. The number of benzene rings is 2. The average Bonchev–Trinajstić information content (AvgIpc) is 3.57. The Morgan fingerprint density at radius 2 is 1.77 bits per heavy atom. The number of methoxy groups -OCH3 is 1. The van der Waals surface area contributed by atoms with E-state index < -0.39 is 23.5 Å². The SMILES string of the molecule is CCCCCOc1ccc(C2C(C(=O)c3cc4cccc(OC)c4o3)=C(O)C(=O)N2CCCN(CC)CC)cc1OCC. The van der Waals surface area contributed by atoms with Gasteiger partial charge in [0.2, 0.25) is 5.78 Å². The number of carbonyl (C=O) groups excluding carboxylic acids is 2. The summed E-state index contributed by atoms with van der Waals surface area (Å²) in [6, 6.07) is 11.6. The van der Waals surface area contributed by atoms with Crippen molar-refractivity contribution in [1.29, 1.82) is 0 Å². The molecule has 0 spiro atoms. The van der Waals surface area contributed by atoms with E-state index in [1.165, 1.54) is 7.11 Å².